The van der Waals surface area contributed by atoms with E-state index in [2.05, 4.69) is 6.92 Å². The van der Waals surface area contributed by atoms with Gasteiger partial charge >= 0.3 is 0 Å². The predicted octanol–water partition coefficient (Wildman–Crippen LogP) is 2.50. The first-order valence-electron chi connectivity index (χ1n) is 7.59. The summed E-state index contributed by atoms with van der Waals surface area (Å²) < 4.78 is 22.1. The molecule has 2 N–H and O–H groups in total. The van der Waals surface area contributed by atoms with Crippen LogP contribution in [0.1, 0.15) is 32.3 Å². The Morgan fingerprint density at radius 1 is 1.19 bits per heavy atom. The first-order chi connectivity index (χ1) is 10.2. The summed E-state index contributed by atoms with van der Waals surface area (Å²) >= 11 is 0. The Balaban J connectivity index is 1.93. The van der Waals surface area contributed by atoms with Crippen molar-refractivity contribution in [2.45, 2.75) is 39.2 Å². The van der Waals surface area contributed by atoms with E-state index in [9.17, 15) is 0 Å². The zero-order chi connectivity index (χ0) is 15.1. The van der Waals surface area contributed by atoms with Crippen molar-refractivity contribution in [3.05, 3.63) is 17.7 Å². The normalized spacial score (nSPS) is 14.2. The molecule has 0 aromatic heterocycles. The van der Waals surface area contributed by atoms with Crippen molar-refractivity contribution >= 4 is 0 Å². The van der Waals surface area contributed by atoms with Gasteiger partial charge < -0.3 is 24.7 Å². The maximum Gasteiger partial charge on any atom is 0.231 e. The molecule has 0 fully saturated rings. The number of fused-ring (bicyclic) bond motifs is 1. The smallest absolute Gasteiger partial charge is 0.231 e. The highest BCUT2D eigenvalue weighted by atomic mass is 16.7. The van der Waals surface area contributed by atoms with E-state index in [0.717, 1.165) is 48.7 Å². The fourth-order valence-electron chi connectivity index (χ4n) is 2.17. The van der Waals surface area contributed by atoms with Gasteiger partial charge in [0.15, 0.2) is 11.5 Å². The summed E-state index contributed by atoms with van der Waals surface area (Å²) in [6.45, 7) is 6.28. The second-order valence-electron chi connectivity index (χ2n) is 5.31. The summed E-state index contributed by atoms with van der Waals surface area (Å²) in [4.78, 5) is 0. The minimum Gasteiger partial charge on any atom is -0.491 e. The monoisotopic (exact) mass is 295 g/mol. The molecule has 1 aliphatic heterocycles. The lowest BCUT2D eigenvalue weighted by Crippen LogP contribution is -2.18. The van der Waals surface area contributed by atoms with Gasteiger partial charge in [0.05, 0.1) is 6.61 Å². The first-order valence-corrected chi connectivity index (χ1v) is 7.59. The van der Waals surface area contributed by atoms with E-state index in [1.165, 1.54) is 0 Å². The van der Waals surface area contributed by atoms with Gasteiger partial charge in [0.1, 0.15) is 12.4 Å². The van der Waals surface area contributed by atoms with Crippen molar-refractivity contribution in [2.24, 2.45) is 5.73 Å². The van der Waals surface area contributed by atoms with Crippen LogP contribution in [0.2, 0.25) is 0 Å². The van der Waals surface area contributed by atoms with E-state index in [4.69, 9.17) is 24.7 Å². The molecule has 0 spiro atoms. The zero-order valence-corrected chi connectivity index (χ0v) is 12.9. The van der Waals surface area contributed by atoms with Crippen LogP contribution in [0.5, 0.6) is 17.2 Å². The Kier molecular flexibility index (Phi) is 6.14. The third-order valence-electron chi connectivity index (χ3n) is 3.23. The number of unbranched alkanes of at least 4 members (excludes halogenated alkanes) is 1. The van der Waals surface area contributed by atoms with Crippen LogP contribution < -0.4 is 19.9 Å². The van der Waals surface area contributed by atoms with Gasteiger partial charge in [-0.1, -0.05) is 13.3 Å². The average molecular weight is 295 g/mol. The summed E-state index contributed by atoms with van der Waals surface area (Å²) in [5.41, 5.74) is 6.94. The predicted molar refractivity (Wildman–Crippen MR) is 81.1 cm³/mol. The summed E-state index contributed by atoms with van der Waals surface area (Å²) in [6.07, 6.45) is 2.96. The van der Waals surface area contributed by atoms with E-state index in [0.29, 0.717) is 13.2 Å². The third kappa shape index (κ3) is 4.79. The Morgan fingerprint density at radius 2 is 1.95 bits per heavy atom. The van der Waals surface area contributed by atoms with E-state index < -0.39 is 0 Å². The molecule has 0 aliphatic carbocycles. The fraction of sp³-hybridized carbons (Fsp3) is 0.625. The van der Waals surface area contributed by atoms with Gasteiger partial charge in [-0.2, -0.15) is 0 Å². The maximum atomic E-state index is 5.90. The molecule has 1 atom stereocenters. The summed E-state index contributed by atoms with van der Waals surface area (Å²) in [5, 5.41) is 0. The van der Waals surface area contributed by atoms with E-state index in [1.54, 1.807) is 0 Å². The highest BCUT2D eigenvalue weighted by Gasteiger charge is 2.18. The summed E-state index contributed by atoms with van der Waals surface area (Å²) in [5.74, 6) is 2.29. The molecule has 0 saturated heterocycles. The molecular formula is C16H25NO4. The highest BCUT2D eigenvalue weighted by molar-refractivity contribution is 5.52. The largest absolute Gasteiger partial charge is 0.491 e. The molecule has 1 aliphatic rings. The number of benzene rings is 1. The van der Waals surface area contributed by atoms with Crippen LogP contribution in [0.4, 0.5) is 0 Å². The van der Waals surface area contributed by atoms with Gasteiger partial charge in [-0.05, 0) is 31.4 Å². The molecule has 5 heteroatoms. The molecule has 1 aromatic carbocycles. The second-order valence-corrected chi connectivity index (χ2v) is 5.31. The first kappa shape index (κ1) is 15.9. The van der Waals surface area contributed by atoms with Gasteiger partial charge in [0.25, 0.3) is 0 Å². The van der Waals surface area contributed by atoms with Gasteiger partial charge in [0.2, 0.25) is 6.79 Å². The minimum atomic E-state index is 0.0634. The molecule has 21 heavy (non-hydrogen) atoms. The number of hydrogen-bond donors (Lipinski definition) is 1. The number of hydrogen-bond acceptors (Lipinski definition) is 5. The van der Waals surface area contributed by atoms with Crippen LogP contribution in [0, 0.1) is 0 Å². The van der Waals surface area contributed by atoms with Crippen LogP contribution in [-0.2, 0) is 11.2 Å². The molecule has 2 rings (SSSR count). The van der Waals surface area contributed by atoms with E-state index in [1.807, 2.05) is 19.1 Å². The lowest BCUT2D eigenvalue weighted by molar-refractivity contribution is 0.0976. The summed E-state index contributed by atoms with van der Waals surface area (Å²) in [6, 6.07) is 3.90. The van der Waals surface area contributed by atoms with E-state index >= 15 is 0 Å². The Labute approximate surface area is 126 Å². The molecule has 1 aromatic rings. The fourth-order valence-corrected chi connectivity index (χ4v) is 2.17. The molecule has 5 nitrogen and oxygen atoms in total. The minimum absolute atomic E-state index is 0.0634. The van der Waals surface area contributed by atoms with Gasteiger partial charge in [0, 0.05) is 18.7 Å². The third-order valence-corrected chi connectivity index (χ3v) is 3.23. The second kappa shape index (κ2) is 8.10. The quantitative estimate of drug-likeness (QED) is 0.709. The van der Waals surface area contributed by atoms with Crippen molar-refractivity contribution in [3.63, 3.8) is 0 Å². The Morgan fingerprint density at radius 3 is 2.67 bits per heavy atom. The zero-order valence-electron chi connectivity index (χ0n) is 12.9. The number of rotatable bonds is 9. The Bertz CT molecular complexity index is 448. The number of nitrogens with two attached hydrogens (primary N) is 1. The molecule has 0 saturated carbocycles. The van der Waals surface area contributed by atoms with Crippen molar-refractivity contribution in [2.75, 3.05) is 26.6 Å². The molecule has 118 valence electrons. The van der Waals surface area contributed by atoms with E-state index in [-0.39, 0.29) is 12.8 Å². The number of ether oxygens (including phenoxy) is 4. The summed E-state index contributed by atoms with van der Waals surface area (Å²) in [7, 11) is 0. The SMILES string of the molecule is CCCCOCCOc1cc2c(cc1CC(C)N)OCO2. The van der Waals surface area contributed by atoms with Crippen molar-refractivity contribution in [1.82, 2.24) is 0 Å². The Hall–Kier alpha value is -1.46. The standard InChI is InChI=1S/C16H25NO4/c1-3-4-5-18-6-7-19-14-10-16-15(20-11-21-16)9-13(14)8-12(2)17/h9-10,12H,3-8,11,17H2,1-2H3. The van der Waals surface area contributed by atoms with Crippen LogP contribution in [0.25, 0.3) is 0 Å². The van der Waals surface area contributed by atoms with Crippen LogP contribution in [0.3, 0.4) is 0 Å². The van der Waals surface area contributed by atoms with Crippen molar-refractivity contribution in [3.8, 4) is 17.2 Å². The molecule has 0 radical (unpaired) electrons. The van der Waals surface area contributed by atoms with Crippen molar-refractivity contribution in [1.29, 1.82) is 0 Å². The maximum absolute atomic E-state index is 5.90. The molecule has 0 amide bonds. The highest BCUT2D eigenvalue weighted by Crippen LogP contribution is 2.38. The topological polar surface area (TPSA) is 62.9 Å². The lowest BCUT2D eigenvalue weighted by Gasteiger charge is -2.14. The molecule has 0 bridgehead atoms. The van der Waals surface area contributed by atoms with Gasteiger partial charge in [-0.15, -0.1) is 0 Å². The van der Waals surface area contributed by atoms with Gasteiger partial charge in [-0.3, -0.25) is 0 Å². The van der Waals surface area contributed by atoms with Crippen LogP contribution >= 0.6 is 0 Å². The molecule has 1 heterocycles. The molecule has 1 unspecified atom stereocenters. The van der Waals surface area contributed by atoms with Crippen molar-refractivity contribution < 1.29 is 18.9 Å². The lowest BCUT2D eigenvalue weighted by atomic mass is 10.1. The van der Waals surface area contributed by atoms with Gasteiger partial charge in [-0.25, -0.2) is 0 Å². The van der Waals surface area contributed by atoms with Crippen LogP contribution in [-0.4, -0.2) is 32.7 Å². The van der Waals surface area contributed by atoms with Crippen LogP contribution in [0.15, 0.2) is 12.1 Å². The molecular weight excluding hydrogens is 270 g/mol. The average Bonchev–Trinajstić information content (AvgIpc) is 2.89.